The predicted octanol–water partition coefficient (Wildman–Crippen LogP) is 3.67. The van der Waals surface area contributed by atoms with Gasteiger partial charge in [0.2, 0.25) is 11.8 Å². The third kappa shape index (κ3) is 6.98. The third-order valence-electron chi connectivity index (χ3n) is 4.54. The zero-order valence-electron chi connectivity index (χ0n) is 17.0. The summed E-state index contributed by atoms with van der Waals surface area (Å²) in [5, 5.41) is 3.23. The van der Waals surface area contributed by atoms with Crippen LogP contribution >= 0.6 is 11.6 Å². The fourth-order valence-corrected chi connectivity index (χ4v) is 2.93. The maximum Gasteiger partial charge on any atom is 0.242 e. The van der Waals surface area contributed by atoms with Gasteiger partial charge in [0.25, 0.3) is 0 Å². The van der Waals surface area contributed by atoms with E-state index in [1.165, 1.54) is 0 Å². The first kappa shape index (κ1) is 22.6. The van der Waals surface area contributed by atoms with Crippen LogP contribution in [0.3, 0.4) is 0 Å². The fraction of sp³-hybridized carbons (Fsp3) is 0.364. The van der Waals surface area contributed by atoms with Crippen LogP contribution in [0, 0.1) is 0 Å². The van der Waals surface area contributed by atoms with Gasteiger partial charge in [0, 0.05) is 25.0 Å². The lowest BCUT2D eigenvalue weighted by molar-refractivity contribution is -0.140. The highest BCUT2D eigenvalue weighted by atomic mass is 35.5. The molecule has 156 valence electrons. The van der Waals surface area contributed by atoms with Crippen LogP contribution in [0.4, 0.5) is 0 Å². The standard InChI is InChI=1S/C22H27ClN2O4/c1-16(22(27)24-2)25(15-17-6-8-18(23)9-7-17)21(26)5-4-14-29-20-12-10-19(28-3)11-13-20/h6-13,16H,4-5,14-15H2,1-3H3,(H,24,27)/t16-/m0/s1. The van der Waals surface area contributed by atoms with E-state index in [2.05, 4.69) is 5.32 Å². The first-order valence-corrected chi connectivity index (χ1v) is 9.84. The van der Waals surface area contributed by atoms with E-state index >= 15 is 0 Å². The summed E-state index contributed by atoms with van der Waals surface area (Å²) in [7, 11) is 3.17. The van der Waals surface area contributed by atoms with Gasteiger partial charge in [-0.15, -0.1) is 0 Å². The van der Waals surface area contributed by atoms with Gasteiger partial charge in [0.15, 0.2) is 0 Å². The molecule has 0 saturated heterocycles. The monoisotopic (exact) mass is 418 g/mol. The Balaban J connectivity index is 1.93. The molecule has 1 atom stereocenters. The molecule has 0 aliphatic heterocycles. The topological polar surface area (TPSA) is 67.9 Å². The minimum absolute atomic E-state index is 0.102. The van der Waals surface area contributed by atoms with Crippen LogP contribution in [-0.4, -0.2) is 43.5 Å². The van der Waals surface area contributed by atoms with Crippen LogP contribution in [0.1, 0.15) is 25.3 Å². The van der Waals surface area contributed by atoms with Gasteiger partial charge >= 0.3 is 0 Å². The molecule has 0 unspecified atom stereocenters. The molecule has 0 aromatic heterocycles. The average Bonchev–Trinajstić information content (AvgIpc) is 2.75. The molecular weight excluding hydrogens is 392 g/mol. The summed E-state index contributed by atoms with van der Waals surface area (Å²) in [6, 6.07) is 13.9. The summed E-state index contributed by atoms with van der Waals surface area (Å²) in [5.74, 6) is 1.17. The number of benzene rings is 2. The molecule has 7 heteroatoms. The number of hydrogen-bond donors (Lipinski definition) is 1. The molecule has 2 rings (SSSR count). The van der Waals surface area contributed by atoms with E-state index in [1.54, 1.807) is 38.1 Å². The largest absolute Gasteiger partial charge is 0.497 e. The van der Waals surface area contributed by atoms with Gasteiger partial charge in [0.1, 0.15) is 17.5 Å². The molecule has 6 nitrogen and oxygen atoms in total. The summed E-state index contributed by atoms with van der Waals surface area (Å²) in [6.45, 7) is 2.46. The lowest BCUT2D eigenvalue weighted by Crippen LogP contribution is -2.46. The van der Waals surface area contributed by atoms with Crippen molar-refractivity contribution in [2.24, 2.45) is 0 Å². The number of halogens is 1. The predicted molar refractivity (Wildman–Crippen MR) is 113 cm³/mol. The number of carbonyl (C=O) groups is 2. The first-order chi connectivity index (χ1) is 13.9. The second-order valence-corrected chi connectivity index (χ2v) is 7.00. The van der Waals surface area contributed by atoms with Crippen molar-refractivity contribution in [3.05, 3.63) is 59.1 Å². The first-order valence-electron chi connectivity index (χ1n) is 9.47. The highest BCUT2D eigenvalue weighted by molar-refractivity contribution is 6.30. The number of nitrogens with one attached hydrogen (secondary N) is 1. The van der Waals surface area contributed by atoms with Crippen molar-refractivity contribution in [1.82, 2.24) is 10.2 Å². The van der Waals surface area contributed by atoms with Gasteiger partial charge in [-0.3, -0.25) is 9.59 Å². The number of nitrogens with zero attached hydrogens (tertiary/aromatic N) is 1. The van der Waals surface area contributed by atoms with E-state index < -0.39 is 6.04 Å². The van der Waals surface area contributed by atoms with Gasteiger partial charge in [0.05, 0.1) is 13.7 Å². The molecule has 2 aromatic rings. The number of amides is 2. The van der Waals surface area contributed by atoms with Crippen LogP contribution in [-0.2, 0) is 16.1 Å². The van der Waals surface area contributed by atoms with E-state index in [4.69, 9.17) is 21.1 Å². The number of rotatable bonds is 10. The van der Waals surface area contributed by atoms with Crippen molar-refractivity contribution in [1.29, 1.82) is 0 Å². The Bertz CT molecular complexity index is 793. The van der Waals surface area contributed by atoms with E-state index in [0.717, 1.165) is 17.1 Å². The minimum Gasteiger partial charge on any atom is -0.497 e. The van der Waals surface area contributed by atoms with Crippen molar-refractivity contribution in [2.75, 3.05) is 20.8 Å². The highest BCUT2D eigenvalue weighted by Gasteiger charge is 2.25. The number of methoxy groups -OCH3 is 1. The smallest absolute Gasteiger partial charge is 0.242 e. The van der Waals surface area contributed by atoms with E-state index in [-0.39, 0.29) is 18.2 Å². The molecule has 0 spiro atoms. The lowest BCUT2D eigenvalue weighted by atomic mass is 10.1. The summed E-state index contributed by atoms with van der Waals surface area (Å²) < 4.78 is 10.8. The van der Waals surface area contributed by atoms with Crippen molar-refractivity contribution < 1.29 is 19.1 Å². The van der Waals surface area contributed by atoms with Gasteiger partial charge in [-0.2, -0.15) is 0 Å². The minimum atomic E-state index is -0.578. The van der Waals surface area contributed by atoms with Crippen LogP contribution in [0.2, 0.25) is 5.02 Å². The summed E-state index contributed by atoms with van der Waals surface area (Å²) in [6.07, 6.45) is 0.827. The molecule has 29 heavy (non-hydrogen) atoms. The van der Waals surface area contributed by atoms with Crippen LogP contribution < -0.4 is 14.8 Å². The molecule has 2 amide bonds. The van der Waals surface area contributed by atoms with E-state index in [9.17, 15) is 9.59 Å². The normalized spacial score (nSPS) is 11.4. The van der Waals surface area contributed by atoms with Crippen LogP contribution in [0.25, 0.3) is 0 Å². The fourth-order valence-electron chi connectivity index (χ4n) is 2.81. The molecule has 0 radical (unpaired) electrons. The molecule has 0 saturated carbocycles. The molecular formula is C22H27ClN2O4. The van der Waals surface area contributed by atoms with E-state index in [0.29, 0.717) is 24.6 Å². The van der Waals surface area contributed by atoms with Crippen LogP contribution in [0.5, 0.6) is 11.5 Å². The molecule has 0 fully saturated rings. The Hall–Kier alpha value is -2.73. The third-order valence-corrected chi connectivity index (χ3v) is 4.79. The second-order valence-electron chi connectivity index (χ2n) is 6.57. The maximum absolute atomic E-state index is 12.8. The summed E-state index contributed by atoms with van der Waals surface area (Å²) in [4.78, 5) is 26.5. The number of carbonyl (C=O) groups excluding carboxylic acids is 2. The Labute approximate surface area is 176 Å². The average molecular weight is 419 g/mol. The van der Waals surface area contributed by atoms with Gasteiger partial charge < -0.3 is 19.7 Å². The Kier molecular flexibility index (Phi) is 8.80. The highest BCUT2D eigenvalue weighted by Crippen LogP contribution is 2.18. The summed E-state index contributed by atoms with van der Waals surface area (Å²) in [5.41, 5.74) is 0.910. The lowest BCUT2D eigenvalue weighted by Gasteiger charge is -2.28. The molecule has 0 heterocycles. The molecule has 0 aliphatic rings. The van der Waals surface area contributed by atoms with Crippen molar-refractivity contribution in [2.45, 2.75) is 32.4 Å². The second kappa shape index (κ2) is 11.3. The molecule has 0 aliphatic carbocycles. The number of hydrogen-bond acceptors (Lipinski definition) is 4. The Morgan fingerprint density at radius 2 is 1.69 bits per heavy atom. The van der Waals surface area contributed by atoms with Crippen molar-refractivity contribution in [3.8, 4) is 11.5 Å². The maximum atomic E-state index is 12.8. The zero-order chi connectivity index (χ0) is 21.2. The quantitative estimate of drug-likeness (QED) is 0.598. The summed E-state index contributed by atoms with van der Waals surface area (Å²) >= 11 is 5.93. The Morgan fingerprint density at radius 3 is 2.28 bits per heavy atom. The van der Waals surface area contributed by atoms with E-state index in [1.807, 2.05) is 36.4 Å². The Morgan fingerprint density at radius 1 is 1.07 bits per heavy atom. The van der Waals surface area contributed by atoms with Gasteiger partial charge in [-0.05, 0) is 55.3 Å². The van der Waals surface area contributed by atoms with Crippen molar-refractivity contribution >= 4 is 23.4 Å². The van der Waals surface area contributed by atoms with Crippen molar-refractivity contribution in [3.63, 3.8) is 0 Å². The molecule has 1 N–H and O–H groups in total. The van der Waals surface area contributed by atoms with Gasteiger partial charge in [-0.25, -0.2) is 0 Å². The van der Waals surface area contributed by atoms with Gasteiger partial charge in [-0.1, -0.05) is 23.7 Å². The molecule has 2 aromatic carbocycles. The number of ether oxygens (including phenoxy) is 2. The zero-order valence-corrected chi connectivity index (χ0v) is 17.7. The SMILES string of the molecule is CNC(=O)[C@H](C)N(Cc1ccc(Cl)cc1)C(=O)CCCOc1ccc(OC)cc1. The molecule has 0 bridgehead atoms. The number of likely N-dealkylation sites (N-methyl/N-ethyl adjacent to an activating group) is 1. The van der Waals surface area contributed by atoms with Crippen LogP contribution in [0.15, 0.2) is 48.5 Å².